The largest absolute Gasteiger partial charge is 0.495 e. The van der Waals surface area contributed by atoms with Crippen molar-refractivity contribution in [2.24, 2.45) is 0 Å². The maximum Gasteiger partial charge on any atom is 0.273 e. The van der Waals surface area contributed by atoms with Crippen LogP contribution in [0.4, 0.5) is 11.4 Å². The van der Waals surface area contributed by atoms with Gasteiger partial charge in [-0.3, -0.25) is 4.79 Å². The van der Waals surface area contributed by atoms with Crippen molar-refractivity contribution in [3.63, 3.8) is 0 Å². The molecule has 0 spiro atoms. The van der Waals surface area contributed by atoms with Crippen molar-refractivity contribution in [3.05, 3.63) is 30.0 Å². The average Bonchev–Trinajstić information content (AvgIpc) is 2.78. The van der Waals surface area contributed by atoms with Crippen LogP contribution in [0.25, 0.3) is 0 Å². The topological polar surface area (TPSA) is 58.8 Å². The minimum absolute atomic E-state index is 0.0895. The highest BCUT2D eigenvalue weighted by Gasteiger charge is 2.28. The van der Waals surface area contributed by atoms with Crippen LogP contribution in [-0.2, 0) is 11.2 Å². The molecule has 1 heterocycles. The van der Waals surface area contributed by atoms with Gasteiger partial charge < -0.3 is 20.3 Å². The van der Waals surface area contributed by atoms with Crippen LogP contribution < -0.4 is 15.4 Å². The molecule has 19 heavy (non-hydrogen) atoms. The minimum Gasteiger partial charge on any atom is -0.495 e. The molecule has 1 aromatic rings. The summed E-state index contributed by atoms with van der Waals surface area (Å²) in [4.78, 5) is 15.8. The number of methoxy groups -OCH3 is 1. The van der Waals surface area contributed by atoms with Gasteiger partial charge in [0.25, 0.3) is 5.91 Å². The molecule has 0 bridgehead atoms. The fourth-order valence-electron chi connectivity index (χ4n) is 2.17. The molecule has 0 fully saturated rings. The number of ether oxygens (including phenoxy) is 1. The van der Waals surface area contributed by atoms with Crippen LogP contribution in [0, 0.1) is 0 Å². The number of hydrogen-bond donors (Lipinski definition) is 1. The molecule has 0 atom stereocenters. The van der Waals surface area contributed by atoms with Gasteiger partial charge in [0, 0.05) is 26.3 Å². The highest BCUT2D eigenvalue weighted by atomic mass is 16.5. The molecule has 2 N–H and O–H groups in total. The Morgan fingerprint density at radius 2 is 2.16 bits per heavy atom. The Hall–Kier alpha value is -2.17. The van der Waals surface area contributed by atoms with Crippen molar-refractivity contribution < 1.29 is 9.53 Å². The SMILES string of the molecule is C=C(C(=O)N1CCc2cc(OC)c(N)cc21)N(C)C. The standard InChI is InChI=1S/C14H19N3O2/c1-9(16(2)3)14(18)17-6-5-10-7-13(19-4)11(15)8-12(10)17/h7-8H,1,5-6,15H2,2-4H3. The second-order valence-electron chi connectivity index (χ2n) is 4.77. The first-order chi connectivity index (χ1) is 8.95. The Balaban J connectivity index is 2.34. The normalized spacial score (nSPS) is 13.1. The van der Waals surface area contributed by atoms with Crippen molar-refractivity contribution in [1.82, 2.24) is 4.90 Å². The zero-order valence-corrected chi connectivity index (χ0v) is 11.6. The maximum absolute atomic E-state index is 12.3. The predicted molar refractivity (Wildman–Crippen MR) is 76.3 cm³/mol. The highest BCUT2D eigenvalue weighted by molar-refractivity contribution is 6.06. The quantitative estimate of drug-likeness (QED) is 0.657. The molecule has 0 saturated heterocycles. The molecule has 0 aromatic heterocycles. The van der Waals surface area contributed by atoms with E-state index >= 15 is 0 Å². The lowest BCUT2D eigenvalue weighted by Crippen LogP contribution is -2.34. The number of fused-ring (bicyclic) bond motifs is 1. The van der Waals surface area contributed by atoms with Crippen molar-refractivity contribution in [2.45, 2.75) is 6.42 Å². The van der Waals surface area contributed by atoms with Crippen molar-refractivity contribution in [2.75, 3.05) is 38.4 Å². The van der Waals surface area contributed by atoms with Crippen molar-refractivity contribution in [1.29, 1.82) is 0 Å². The smallest absolute Gasteiger partial charge is 0.273 e. The van der Waals surface area contributed by atoms with Crippen LogP contribution in [0.3, 0.4) is 0 Å². The molecule has 5 heteroatoms. The number of rotatable bonds is 3. The molecule has 1 aliphatic heterocycles. The lowest BCUT2D eigenvalue weighted by Gasteiger charge is -2.23. The van der Waals surface area contributed by atoms with E-state index in [4.69, 9.17) is 10.5 Å². The van der Waals surface area contributed by atoms with Gasteiger partial charge in [-0.25, -0.2) is 0 Å². The van der Waals surface area contributed by atoms with E-state index in [9.17, 15) is 4.79 Å². The zero-order valence-electron chi connectivity index (χ0n) is 11.6. The number of carbonyl (C=O) groups excluding carboxylic acids is 1. The summed E-state index contributed by atoms with van der Waals surface area (Å²) in [7, 11) is 5.20. The van der Waals surface area contributed by atoms with E-state index in [0.717, 1.165) is 17.7 Å². The number of amides is 1. The first-order valence-corrected chi connectivity index (χ1v) is 6.10. The molecule has 102 valence electrons. The Labute approximate surface area is 113 Å². The summed E-state index contributed by atoms with van der Waals surface area (Å²) in [5, 5.41) is 0. The molecule has 0 aliphatic carbocycles. The summed E-state index contributed by atoms with van der Waals surface area (Å²) in [6.07, 6.45) is 0.804. The van der Waals surface area contributed by atoms with E-state index in [-0.39, 0.29) is 5.91 Å². The fraction of sp³-hybridized carbons (Fsp3) is 0.357. The molecule has 5 nitrogen and oxygen atoms in total. The van der Waals surface area contributed by atoms with Gasteiger partial charge in [-0.05, 0) is 24.1 Å². The number of likely N-dealkylation sites (N-methyl/N-ethyl adjacent to an activating group) is 1. The molecule has 1 amide bonds. The Kier molecular flexibility index (Phi) is 3.38. The summed E-state index contributed by atoms with van der Waals surface area (Å²) < 4.78 is 5.20. The second kappa shape index (κ2) is 4.84. The van der Waals surface area contributed by atoms with E-state index in [1.807, 2.05) is 6.07 Å². The Bertz CT molecular complexity index is 538. The number of nitrogens with zero attached hydrogens (tertiary/aromatic N) is 2. The summed E-state index contributed by atoms with van der Waals surface area (Å²) >= 11 is 0. The third kappa shape index (κ3) is 2.23. The van der Waals surface area contributed by atoms with Crippen LogP contribution in [-0.4, -0.2) is 38.6 Å². The number of nitrogens with two attached hydrogens (primary N) is 1. The van der Waals surface area contributed by atoms with E-state index in [0.29, 0.717) is 23.7 Å². The van der Waals surface area contributed by atoms with Crippen LogP contribution in [0.15, 0.2) is 24.4 Å². The van der Waals surface area contributed by atoms with E-state index in [1.54, 1.807) is 37.1 Å². The minimum atomic E-state index is -0.0895. The van der Waals surface area contributed by atoms with Gasteiger partial charge in [-0.2, -0.15) is 0 Å². The fourth-order valence-corrected chi connectivity index (χ4v) is 2.17. The summed E-state index contributed by atoms with van der Waals surface area (Å²) in [5.74, 6) is 0.563. The van der Waals surface area contributed by atoms with E-state index < -0.39 is 0 Å². The molecular weight excluding hydrogens is 242 g/mol. The highest BCUT2D eigenvalue weighted by Crippen LogP contribution is 2.36. The van der Waals surface area contributed by atoms with Crippen LogP contribution in [0.5, 0.6) is 5.75 Å². The molecular formula is C14H19N3O2. The monoisotopic (exact) mass is 261 g/mol. The first-order valence-electron chi connectivity index (χ1n) is 6.10. The first kappa shape index (κ1) is 13.3. The van der Waals surface area contributed by atoms with Gasteiger partial charge in [0.15, 0.2) is 0 Å². The van der Waals surface area contributed by atoms with E-state index in [2.05, 4.69) is 6.58 Å². The molecule has 2 rings (SSSR count). The van der Waals surface area contributed by atoms with Gasteiger partial charge in [-0.15, -0.1) is 0 Å². The number of anilines is 2. The lowest BCUT2D eigenvalue weighted by molar-refractivity contribution is -0.116. The van der Waals surface area contributed by atoms with Crippen LogP contribution >= 0.6 is 0 Å². The predicted octanol–water partition coefficient (Wildman–Crippen LogP) is 1.24. The summed E-state index contributed by atoms with van der Waals surface area (Å²) in [6.45, 7) is 4.45. The summed E-state index contributed by atoms with van der Waals surface area (Å²) in [5.41, 5.74) is 8.83. The third-order valence-corrected chi connectivity index (χ3v) is 3.36. The zero-order chi connectivity index (χ0) is 14.2. The Morgan fingerprint density at radius 3 is 2.74 bits per heavy atom. The second-order valence-corrected chi connectivity index (χ2v) is 4.77. The van der Waals surface area contributed by atoms with Crippen LogP contribution in [0.2, 0.25) is 0 Å². The van der Waals surface area contributed by atoms with Crippen molar-refractivity contribution >= 4 is 17.3 Å². The van der Waals surface area contributed by atoms with Crippen molar-refractivity contribution in [3.8, 4) is 5.75 Å². The Morgan fingerprint density at radius 1 is 1.47 bits per heavy atom. The van der Waals surface area contributed by atoms with Gasteiger partial charge in [-0.1, -0.05) is 6.58 Å². The molecule has 1 aromatic carbocycles. The van der Waals surface area contributed by atoms with Gasteiger partial charge in [0.1, 0.15) is 5.75 Å². The summed E-state index contributed by atoms with van der Waals surface area (Å²) in [6, 6.07) is 3.69. The number of carbonyl (C=O) groups is 1. The average molecular weight is 261 g/mol. The maximum atomic E-state index is 12.3. The molecule has 0 radical (unpaired) electrons. The molecule has 0 unspecified atom stereocenters. The number of hydrogen-bond acceptors (Lipinski definition) is 4. The molecule has 0 saturated carbocycles. The number of benzene rings is 1. The van der Waals surface area contributed by atoms with Gasteiger partial charge >= 0.3 is 0 Å². The third-order valence-electron chi connectivity index (χ3n) is 3.36. The van der Waals surface area contributed by atoms with E-state index in [1.165, 1.54) is 0 Å². The van der Waals surface area contributed by atoms with Crippen LogP contribution in [0.1, 0.15) is 5.56 Å². The van der Waals surface area contributed by atoms with Gasteiger partial charge in [0.2, 0.25) is 0 Å². The lowest BCUT2D eigenvalue weighted by atomic mass is 10.1. The van der Waals surface area contributed by atoms with Gasteiger partial charge in [0.05, 0.1) is 18.5 Å². The molecule has 1 aliphatic rings. The number of nitrogen functional groups attached to an aromatic ring is 1.